The molecular weight excluding hydrogens is 324 g/mol. The third-order valence-electron chi connectivity index (χ3n) is 2.82. The summed E-state index contributed by atoms with van der Waals surface area (Å²) in [5.74, 6) is -0.808. The van der Waals surface area contributed by atoms with E-state index in [-0.39, 0.29) is 10.5 Å². The van der Waals surface area contributed by atoms with Crippen LogP contribution in [0.1, 0.15) is 11.1 Å². The summed E-state index contributed by atoms with van der Waals surface area (Å²) in [6.45, 7) is 0. The van der Waals surface area contributed by atoms with Gasteiger partial charge in [-0.25, -0.2) is 0 Å². The normalized spacial score (nSPS) is 21.6. The topological polar surface area (TPSA) is 92.3 Å². The molecule has 2 fully saturated rings. The number of nitrogens with one attached hydrogen (secondary N) is 2. The molecule has 110 valence electrons. The standard InChI is InChI=1S/C14H8N2O4S2/c17-11-9(21-13(19)15-11)5-7-1-2-8(4-3-7)6-10-12(18)16-14(20)22-10/h1-6H,(H,15,17,19)(H,16,18,20)/b9-5+,10-6+. The second-order valence-corrected chi connectivity index (χ2v) is 6.40. The molecule has 0 atom stereocenters. The van der Waals surface area contributed by atoms with Gasteiger partial charge >= 0.3 is 0 Å². The first-order valence-electron chi connectivity index (χ1n) is 6.11. The highest BCUT2D eigenvalue weighted by molar-refractivity contribution is 8.18. The third kappa shape index (κ3) is 3.12. The minimum absolute atomic E-state index is 0.340. The molecule has 0 bridgehead atoms. The number of hydrogen-bond donors (Lipinski definition) is 2. The molecule has 2 aliphatic heterocycles. The van der Waals surface area contributed by atoms with Crippen LogP contribution in [0.15, 0.2) is 34.1 Å². The summed E-state index contributed by atoms with van der Waals surface area (Å²) in [6, 6.07) is 7.04. The third-order valence-corrected chi connectivity index (χ3v) is 4.44. The lowest BCUT2D eigenvalue weighted by Crippen LogP contribution is -2.17. The summed E-state index contributed by atoms with van der Waals surface area (Å²) < 4.78 is 0. The van der Waals surface area contributed by atoms with Crippen molar-refractivity contribution in [1.29, 1.82) is 0 Å². The fraction of sp³-hybridized carbons (Fsp3) is 0. The second kappa shape index (κ2) is 5.82. The Morgan fingerprint density at radius 2 is 1.05 bits per heavy atom. The molecule has 3 rings (SSSR count). The van der Waals surface area contributed by atoms with Crippen molar-refractivity contribution in [2.75, 3.05) is 0 Å². The Morgan fingerprint density at radius 1 is 0.682 bits per heavy atom. The van der Waals surface area contributed by atoms with Gasteiger partial charge in [-0.05, 0) is 46.8 Å². The van der Waals surface area contributed by atoms with E-state index in [1.165, 1.54) is 0 Å². The molecule has 2 heterocycles. The van der Waals surface area contributed by atoms with Gasteiger partial charge in [0.15, 0.2) is 0 Å². The van der Waals surface area contributed by atoms with Crippen LogP contribution in [0, 0.1) is 0 Å². The molecule has 6 nitrogen and oxygen atoms in total. The van der Waals surface area contributed by atoms with E-state index in [2.05, 4.69) is 10.6 Å². The molecule has 0 radical (unpaired) electrons. The zero-order valence-electron chi connectivity index (χ0n) is 10.9. The maximum atomic E-state index is 11.4. The first-order valence-corrected chi connectivity index (χ1v) is 7.74. The van der Waals surface area contributed by atoms with Crippen LogP contribution >= 0.6 is 23.5 Å². The average molecular weight is 332 g/mol. The Labute approximate surface area is 133 Å². The number of carbonyl (C=O) groups is 4. The highest BCUT2D eigenvalue weighted by Gasteiger charge is 2.25. The molecular formula is C14H8N2O4S2. The van der Waals surface area contributed by atoms with Crippen molar-refractivity contribution in [3.63, 3.8) is 0 Å². The van der Waals surface area contributed by atoms with E-state index < -0.39 is 11.8 Å². The summed E-state index contributed by atoms with van der Waals surface area (Å²) in [5, 5.41) is 3.60. The number of thioether (sulfide) groups is 2. The van der Waals surface area contributed by atoms with E-state index in [4.69, 9.17) is 0 Å². The van der Waals surface area contributed by atoms with Gasteiger partial charge in [0, 0.05) is 0 Å². The van der Waals surface area contributed by atoms with Crippen LogP contribution in [-0.4, -0.2) is 22.3 Å². The molecule has 0 spiro atoms. The van der Waals surface area contributed by atoms with Crippen molar-refractivity contribution < 1.29 is 19.2 Å². The highest BCUT2D eigenvalue weighted by Crippen LogP contribution is 2.27. The summed E-state index contributed by atoms with van der Waals surface area (Å²) >= 11 is 1.71. The highest BCUT2D eigenvalue weighted by atomic mass is 32.2. The Balaban J connectivity index is 1.79. The largest absolute Gasteiger partial charge is 0.290 e. The van der Waals surface area contributed by atoms with Gasteiger partial charge in [-0.1, -0.05) is 24.3 Å². The number of benzene rings is 1. The van der Waals surface area contributed by atoms with Crippen LogP contribution in [-0.2, 0) is 9.59 Å². The maximum Gasteiger partial charge on any atom is 0.290 e. The maximum absolute atomic E-state index is 11.4. The fourth-order valence-electron chi connectivity index (χ4n) is 1.83. The predicted molar refractivity (Wildman–Crippen MR) is 84.7 cm³/mol. The van der Waals surface area contributed by atoms with Gasteiger partial charge in [0.05, 0.1) is 9.81 Å². The Morgan fingerprint density at radius 3 is 1.32 bits per heavy atom. The van der Waals surface area contributed by atoms with E-state index in [0.717, 1.165) is 34.7 Å². The van der Waals surface area contributed by atoms with Crippen molar-refractivity contribution in [2.45, 2.75) is 0 Å². The first-order chi connectivity index (χ1) is 10.5. The molecule has 2 saturated heterocycles. The van der Waals surface area contributed by atoms with Gasteiger partial charge < -0.3 is 0 Å². The van der Waals surface area contributed by atoms with E-state index in [1.807, 2.05) is 0 Å². The van der Waals surface area contributed by atoms with Gasteiger partial charge in [0.25, 0.3) is 22.3 Å². The van der Waals surface area contributed by atoms with E-state index in [0.29, 0.717) is 9.81 Å². The van der Waals surface area contributed by atoms with Crippen LogP contribution in [0.2, 0.25) is 0 Å². The fourth-order valence-corrected chi connectivity index (χ4v) is 3.20. The Hall–Kier alpha value is -2.32. The first kappa shape index (κ1) is 14.6. The van der Waals surface area contributed by atoms with Crippen molar-refractivity contribution >= 4 is 58.0 Å². The monoisotopic (exact) mass is 332 g/mol. The molecule has 4 amide bonds. The summed E-state index contributed by atoms with van der Waals surface area (Å²) in [6.07, 6.45) is 3.23. The lowest BCUT2D eigenvalue weighted by atomic mass is 10.1. The molecule has 2 N–H and O–H groups in total. The van der Waals surface area contributed by atoms with Crippen LogP contribution in [0.5, 0.6) is 0 Å². The quantitative estimate of drug-likeness (QED) is 0.808. The van der Waals surface area contributed by atoms with Crippen LogP contribution in [0.4, 0.5) is 9.59 Å². The van der Waals surface area contributed by atoms with Gasteiger partial charge in [0.2, 0.25) is 0 Å². The van der Waals surface area contributed by atoms with Gasteiger partial charge in [-0.15, -0.1) is 0 Å². The van der Waals surface area contributed by atoms with Crippen molar-refractivity contribution in [2.24, 2.45) is 0 Å². The number of amides is 4. The zero-order chi connectivity index (χ0) is 15.7. The molecule has 2 aliphatic rings. The number of hydrogen-bond acceptors (Lipinski definition) is 6. The summed E-state index contributed by atoms with van der Waals surface area (Å²) in [4.78, 5) is 45.7. The minimum atomic E-state index is -0.404. The molecule has 0 aliphatic carbocycles. The molecule has 0 saturated carbocycles. The Bertz CT molecular complexity index is 701. The van der Waals surface area contributed by atoms with Crippen molar-refractivity contribution in [1.82, 2.24) is 10.6 Å². The van der Waals surface area contributed by atoms with E-state index in [9.17, 15) is 19.2 Å². The molecule has 22 heavy (non-hydrogen) atoms. The van der Waals surface area contributed by atoms with Gasteiger partial charge in [0.1, 0.15) is 0 Å². The molecule has 8 heteroatoms. The van der Waals surface area contributed by atoms with Crippen molar-refractivity contribution in [3.05, 3.63) is 45.2 Å². The molecule has 1 aromatic rings. The van der Waals surface area contributed by atoms with Crippen LogP contribution in [0.25, 0.3) is 12.2 Å². The van der Waals surface area contributed by atoms with Crippen LogP contribution in [0.3, 0.4) is 0 Å². The minimum Gasteiger partial charge on any atom is -0.282 e. The summed E-state index contributed by atoms with van der Waals surface area (Å²) in [7, 11) is 0. The van der Waals surface area contributed by atoms with E-state index in [1.54, 1.807) is 36.4 Å². The zero-order valence-corrected chi connectivity index (χ0v) is 12.5. The number of rotatable bonds is 2. The average Bonchev–Trinajstić information content (AvgIpc) is 2.94. The number of carbonyl (C=O) groups excluding carboxylic acids is 4. The predicted octanol–water partition coefficient (Wildman–Crippen LogP) is 2.33. The Kier molecular flexibility index (Phi) is 3.86. The summed E-state index contributed by atoms with van der Waals surface area (Å²) in [5.41, 5.74) is 1.52. The second-order valence-electron chi connectivity index (χ2n) is 4.37. The van der Waals surface area contributed by atoms with Gasteiger partial charge in [-0.2, -0.15) is 0 Å². The molecule has 0 unspecified atom stereocenters. The van der Waals surface area contributed by atoms with Crippen LogP contribution < -0.4 is 10.6 Å². The smallest absolute Gasteiger partial charge is 0.282 e. The SMILES string of the molecule is O=C1NC(=O)/C(=C\c2ccc(/C=C3/SC(=O)NC3=O)cc2)S1. The van der Waals surface area contributed by atoms with E-state index >= 15 is 0 Å². The van der Waals surface area contributed by atoms with Crippen molar-refractivity contribution in [3.8, 4) is 0 Å². The number of imide groups is 2. The molecule has 1 aromatic carbocycles. The molecule has 0 aromatic heterocycles. The lowest BCUT2D eigenvalue weighted by molar-refractivity contribution is -0.116. The lowest BCUT2D eigenvalue weighted by Gasteiger charge is -1.98. The van der Waals surface area contributed by atoms with Gasteiger partial charge in [-0.3, -0.25) is 29.8 Å².